The lowest BCUT2D eigenvalue weighted by Gasteiger charge is -2.20. The minimum absolute atomic E-state index is 0.250. The molecule has 2 heterocycles. The zero-order valence-corrected chi connectivity index (χ0v) is 15.6. The van der Waals surface area contributed by atoms with Crippen molar-refractivity contribution in [1.29, 1.82) is 0 Å². The fourth-order valence-electron chi connectivity index (χ4n) is 2.38. The van der Waals surface area contributed by atoms with E-state index in [0.717, 1.165) is 23.4 Å². The number of anilines is 1. The van der Waals surface area contributed by atoms with Crippen LogP contribution in [0.2, 0.25) is 5.15 Å². The molecule has 0 saturated heterocycles. The summed E-state index contributed by atoms with van der Waals surface area (Å²) in [5, 5.41) is 12.1. The molecule has 8 heteroatoms. The molecule has 3 aromatic rings. The maximum atomic E-state index is 11.1. The number of fused-ring (bicyclic) bond motifs is 1. The highest BCUT2D eigenvalue weighted by Gasteiger charge is 2.13. The molecule has 138 valence electrons. The number of benzene rings is 1. The standard InChI is InChI=1S/C16H15ClN4O2.C2H6O/c1-20(9-11-3-5-13(23-2)6-4-11)15-7-14(17)19-16-12(10-22)8-18-21(15)16;1-2-3/h3-8,10H,9H2,1-2H3;3H,2H2,1H3. The molecule has 3 rings (SSSR count). The highest BCUT2D eigenvalue weighted by Crippen LogP contribution is 2.22. The molecule has 0 aliphatic carbocycles. The maximum Gasteiger partial charge on any atom is 0.169 e. The average Bonchev–Trinajstić information content (AvgIpc) is 3.05. The minimum Gasteiger partial charge on any atom is -0.497 e. The second-order valence-corrected chi connectivity index (χ2v) is 5.80. The second kappa shape index (κ2) is 9.17. The van der Waals surface area contributed by atoms with Crippen LogP contribution in [0.25, 0.3) is 5.65 Å². The summed E-state index contributed by atoms with van der Waals surface area (Å²) in [6.07, 6.45) is 2.20. The van der Waals surface area contributed by atoms with Gasteiger partial charge in [-0.25, -0.2) is 4.98 Å². The number of hydrogen-bond acceptors (Lipinski definition) is 6. The Hall–Kier alpha value is -2.64. The number of carbonyl (C=O) groups is 1. The molecule has 0 unspecified atom stereocenters. The number of aliphatic hydroxyl groups excluding tert-OH is 1. The van der Waals surface area contributed by atoms with Gasteiger partial charge in [0.1, 0.15) is 16.7 Å². The van der Waals surface area contributed by atoms with Crippen LogP contribution < -0.4 is 9.64 Å². The lowest BCUT2D eigenvalue weighted by molar-refractivity contribution is 0.112. The number of aliphatic hydroxyl groups is 1. The lowest BCUT2D eigenvalue weighted by Crippen LogP contribution is -2.20. The number of nitrogens with zero attached hydrogens (tertiary/aromatic N) is 4. The third-order valence-corrected chi connectivity index (χ3v) is 3.74. The van der Waals surface area contributed by atoms with E-state index in [4.69, 9.17) is 21.4 Å². The van der Waals surface area contributed by atoms with E-state index < -0.39 is 0 Å². The van der Waals surface area contributed by atoms with Crippen molar-refractivity contribution < 1.29 is 14.6 Å². The van der Waals surface area contributed by atoms with Gasteiger partial charge in [0.2, 0.25) is 0 Å². The van der Waals surface area contributed by atoms with E-state index in [1.807, 2.05) is 36.2 Å². The van der Waals surface area contributed by atoms with Gasteiger partial charge in [-0.3, -0.25) is 4.79 Å². The first-order chi connectivity index (χ1) is 12.5. The summed E-state index contributed by atoms with van der Waals surface area (Å²) in [6.45, 7) is 2.58. The van der Waals surface area contributed by atoms with Gasteiger partial charge in [0, 0.05) is 26.3 Å². The van der Waals surface area contributed by atoms with Crippen molar-refractivity contribution in [1.82, 2.24) is 14.6 Å². The number of carbonyl (C=O) groups excluding carboxylic acids is 1. The van der Waals surface area contributed by atoms with Crippen LogP contribution in [0.3, 0.4) is 0 Å². The monoisotopic (exact) mass is 376 g/mol. The van der Waals surface area contributed by atoms with Gasteiger partial charge in [0.25, 0.3) is 0 Å². The van der Waals surface area contributed by atoms with Gasteiger partial charge in [-0.05, 0) is 24.6 Å². The van der Waals surface area contributed by atoms with Crippen LogP contribution >= 0.6 is 11.6 Å². The van der Waals surface area contributed by atoms with Crippen LogP contribution in [0.4, 0.5) is 5.82 Å². The fourth-order valence-corrected chi connectivity index (χ4v) is 2.55. The molecule has 26 heavy (non-hydrogen) atoms. The molecule has 0 atom stereocenters. The van der Waals surface area contributed by atoms with Crippen LogP contribution in [-0.2, 0) is 6.54 Å². The van der Waals surface area contributed by atoms with Gasteiger partial charge in [-0.1, -0.05) is 23.7 Å². The molecule has 7 nitrogen and oxygen atoms in total. The number of ether oxygens (including phenoxy) is 1. The predicted octanol–water partition coefficient (Wildman–Crippen LogP) is 2.84. The number of aldehydes is 1. The van der Waals surface area contributed by atoms with Gasteiger partial charge in [-0.15, -0.1) is 0 Å². The fraction of sp³-hybridized carbons (Fsp3) is 0.278. The topological polar surface area (TPSA) is 80.0 Å². The van der Waals surface area contributed by atoms with Crippen LogP contribution in [-0.4, -0.2) is 46.8 Å². The number of methoxy groups -OCH3 is 1. The van der Waals surface area contributed by atoms with E-state index in [-0.39, 0.29) is 6.61 Å². The van der Waals surface area contributed by atoms with Crippen molar-refractivity contribution in [3.8, 4) is 5.75 Å². The second-order valence-electron chi connectivity index (χ2n) is 5.41. The number of hydrogen-bond donors (Lipinski definition) is 1. The quantitative estimate of drug-likeness (QED) is 0.544. The Kier molecular flexibility index (Phi) is 6.94. The number of aromatic nitrogens is 3. The van der Waals surface area contributed by atoms with Crippen LogP contribution in [0.15, 0.2) is 36.5 Å². The Morgan fingerprint density at radius 2 is 2.00 bits per heavy atom. The first-order valence-electron chi connectivity index (χ1n) is 7.98. The molecule has 0 aliphatic heterocycles. The largest absolute Gasteiger partial charge is 0.497 e. The van der Waals surface area contributed by atoms with E-state index in [2.05, 4.69) is 10.1 Å². The van der Waals surface area contributed by atoms with Gasteiger partial charge in [-0.2, -0.15) is 9.61 Å². The molecule has 1 N–H and O–H groups in total. The molecule has 0 spiro atoms. The van der Waals surface area contributed by atoms with E-state index in [1.165, 1.54) is 6.20 Å². The summed E-state index contributed by atoms with van der Waals surface area (Å²) in [7, 11) is 3.57. The first-order valence-corrected chi connectivity index (χ1v) is 8.36. The zero-order valence-electron chi connectivity index (χ0n) is 14.9. The molecule has 0 bridgehead atoms. The van der Waals surface area contributed by atoms with Crippen LogP contribution in [0.1, 0.15) is 22.8 Å². The SMILES string of the molecule is CCO.COc1ccc(CN(C)c2cc(Cl)nc3c(C=O)cnn23)cc1. The van der Waals surface area contributed by atoms with Crippen molar-refractivity contribution >= 4 is 29.4 Å². The summed E-state index contributed by atoms with van der Waals surface area (Å²) in [6, 6.07) is 9.54. The smallest absolute Gasteiger partial charge is 0.169 e. The Bertz CT molecular complexity index is 865. The third-order valence-electron chi connectivity index (χ3n) is 3.55. The Labute approximate surface area is 156 Å². The van der Waals surface area contributed by atoms with Crippen molar-refractivity contribution in [2.75, 3.05) is 25.7 Å². The van der Waals surface area contributed by atoms with Gasteiger partial charge in [0.15, 0.2) is 11.9 Å². The first kappa shape index (κ1) is 19.7. The Balaban J connectivity index is 0.000000758. The Morgan fingerprint density at radius 3 is 2.58 bits per heavy atom. The molecular formula is C18H21ClN4O3. The lowest BCUT2D eigenvalue weighted by atomic mass is 10.2. The van der Waals surface area contributed by atoms with Gasteiger partial charge >= 0.3 is 0 Å². The molecule has 0 radical (unpaired) electrons. The van der Waals surface area contributed by atoms with Gasteiger partial charge < -0.3 is 14.7 Å². The third kappa shape index (κ3) is 4.50. The number of halogens is 1. The van der Waals surface area contributed by atoms with Crippen molar-refractivity contribution in [3.63, 3.8) is 0 Å². The minimum atomic E-state index is 0.250. The molecule has 0 amide bonds. The van der Waals surface area contributed by atoms with Gasteiger partial charge in [0.05, 0.1) is 18.9 Å². The predicted molar refractivity (Wildman–Crippen MR) is 101 cm³/mol. The molecule has 0 saturated carbocycles. The Morgan fingerprint density at radius 1 is 1.35 bits per heavy atom. The highest BCUT2D eigenvalue weighted by atomic mass is 35.5. The van der Waals surface area contributed by atoms with E-state index >= 15 is 0 Å². The summed E-state index contributed by atoms with van der Waals surface area (Å²) in [5.74, 6) is 1.57. The summed E-state index contributed by atoms with van der Waals surface area (Å²) < 4.78 is 6.77. The summed E-state index contributed by atoms with van der Waals surface area (Å²) in [4.78, 5) is 17.2. The molecule has 1 aromatic carbocycles. The maximum absolute atomic E-state index is 11.1. The summed E-state index contributed by atoms with van der Waals surface area (Å²) >= 11 is 6.08. The molecule has 0 aliphatic rings. The van der Waals surface area contributed by atoms with Crippen LogP contribution in [0.5, 0.6) is 5.75 Å². The molecule has 2 aromatic heterocycles. The molecular weight excluding hydrogens is 356 g/mol. The van der Waals surface area contributed by atoms with Crippen molar-refractivity contribution in [2.24, 2.45) is 0 Å². The molecule has 0 fully saturated rings. The summed E-state index contributed by atoms with van der Waals surface area (Å²) in [5.41, 5.74) is 1.97. The van der Waals surface area contributed by atoms with E-state index in [0.29, 0.717) is 22.9 Å². The van der Waals surface area contributed by atoms with Crippen molar-refractivity contribution in [3.05, 3.63) is 52.8 Å². The highest BCUT2D eigenvalue weighted by molar-refractivity contribution is 6.29. The average molecular weight is 377 g/mol. The van der Waals surface area contributed by atoms with E-state index in [9.17, 15) is 4.79 Å². The number of rotatable bonds is 5. The zero-order chi connectivity index (χ0) is 19.1. The van der Waals surface area contributed by atoms with Crippen molar-refractivity contribution in [2.45, 2.75) is 13.5 Å². The normalized spacial score (nSPS) is 10.2. The van der Waals surface area contributed by atoms with E-state index in [1.54, 1.807) is 24.6 Å². The van der Waals surface area contributed by atoms with Crippen LogP contribution in [0, 0.1) is 0 Å².